The molecule has 108 valence electrons. The highest BCUT2D eigenvalue weighted by molar-refractivity contribution is 7.89. The molecule has 0 fully saturated rings. The minimum absolute atomic E-state index is 0.253. The number of carbonyl (C=O) groups is 1. The largest absolute Gasteiger partial charge is 0.298 e. The fraction of sp³-hybridized carbons (Fsp3) is 0.385. The summed E-state index contributed by atoms with van der Waals surface area (Å²) in [5, 5.41) is 8.67. The molecule has 1 aromatic carbocycles. The third kappa shape index (κ3) is 3.85. The normalized spacial score (nSPS) is 11.9. The summed E-state index contributed by atoms with van der Waals surface area (Å²) in [5.41, 5.74) is -1.03. The molecule has 1 aromatic rings. The van der Waals surface area contributed by atoms with Crippen LogP contribution >= 0.6 is 0 Å². The van der Waals surface area contributed by atoms with Crippen LogP contribution in [0, 0.1) is 22.6 Å². The quantitative estimate of drug-likeness (QED) is 0.914. The van der Waals surface area contributed by atoms with Gasteiger partial charge >= 0.3 is 0 Å². The minimum atomic E-state index is -3.95. The Morgan fingerprint density at radius 3 is 2.50 bits per heavy atom. The van der Waals surface area contributed by atoms with Gasteiger partial charge in [-0.05, 0) is 18.2 Å². The molecule has 0 atom stereocenters. The number of hydrogen-bond donors (Lipinski definition) is 1. The Labute approximate surface area is 117 Å². The topological polar surface area (TPSA) is 87.0 Å². The molecule has 0 saturated heterocycles. The van der Waals surface area contributed by atoms with E-state index in [2.05, 4.69) is 4.72 Å². The summed E-state index contributed by atoms with van der Waals surface area (Å²) < 4.78 is 39.2. The van der Waals surface area contributed by atoms with Crippen molar-refractivity contribution in [3.8, 4) is 6.07 Å². The number of Topliss-reactive ketones (excluding diaryl/α,β-unsaturated/α-hetero) is 1. The second-order valence-electron chi connectivity index (χ2n) is 5.25. The summed E-state index contributed by atoms with van der Waals surface area (Å²) in [4.78, 5) is 11.4. The van der Waals surface area contributed by atoms with Crippen molar-refractivity contribution >= 4 is 15.8 Å². The van der Waals surface area contributed by atoms with Gasteiger partial charge in [0.05, 0.1) is 17.0 Å². The van der Waals surface area contributed by atoms with Gasteiger partial charge in [0.2, 0.25) is 10.0 Å². The van der Waals surface area contributed by atoms with Gasteiger partial charge in [0.25, 0.3) is 0 Å². The molecule has 0 aliphatic carbocycles. The molecule has 7 heteroatoms. The van der Waals surface area contributed by atoms with Gasteiger partial charge < -0.3 is 0 Å². The number of rotatable bonds is 4. The summed E-state index contributed by atoms with van der Waals surface area (Å²) >= 11 is 0. The molecule has 0 spiro atoms. The lowest BCUT2D eigenvalue weighted by Gasteiger charge is -2.16. The van der Waals surface area contributed by atoms with Crippen molar-refractivity contribution in [3.05, 3.63) is 29.6 Å². The van der Waals surface area contributed by atoms with Crippen molar-refractivity contribution < 1.29 is 17.6 Å². The van der Waals surface area contributed by atoms with Gasteiger partial charge in [0, 0.05) is 5.41 Å². The standard InChI is InChI=1S/C13H15FN2O3S/c1-13(2,3)12(17)8-16-20(18,19)10-4-5-11(14)9(6-10)7-15/h4-6,16H,8H2,1-3H3. The van der Waals surface area contributed by atoms with Crippen LogP contribution in [0.2, 0.25) is 0 Å². The summed E-state index contributed by atoms with van der Waals surface area (Å²) in [6.45, 7) is 4.67. The number of nitrogens with zero attached hydrogens (tertiary/aromatic N) is 1. The predicted molar refractivity (Wildman–Crippen MR) is 70.8 cm³/mol. The molecule has 0 bridgehead atoms. The van der Waals surface area contributed by atoms with Gasteiger partial charge in [0.15, 0.2) is 5.78 Å². The maximum atomic E-state index is 13.1. The average molecular weight is 298 g/mol. The second kappa shape index (κ2) is 5.69. The number of benzene rings is 1. The first-order chi connectivity index (χ1) is 9.08. The number of sulfonamides is 1. The van der Waals surface area contributed by atoms with Gasteiger partial charge in [0.1, 0.15) is 11.9 Å². The molecular weight excluding hydrogens is 283 g/mol. The number of carbonyl (C=O) groups excluding carboxylic acids is 1. The van der Waals surface area contributed by atoms with E-state index < -0.39 is 21.3 Å². The van der Waals surface area contributed by atoms with Gasteiger partial charge in [-0.2, -0.15) is 5.26 Å². The van der Waals surface area contributed by atoms with Gasteiger partial charge in [-0.15, -0.1) is 0 Å². The first-order valence-electron chi connectivity index (χ1n) is 5.80. The number of nitrogens with one attached hydrogen (secondary N) is 1. The lowest BCUT2D eigenvalue weighted by atomic mass is 9.91. The van der Waals surface area contributed by atoms with Crippen molar-refractivity contribution in [3.63, 3.8) is 0 Å². The van der Waals surface area contributed by atoms with Crippen molar-refractivity contribution in [1.82, 2.24) is 4.72 Å². The second-order valence-corrected chi connectivity index (χ2v) is 7.02. The van der Waals surface area contributed by atoms with E-state index in [1.54, 1.807) is 26.8 Å². The fourth-order valence-corrected chi connectivity index (χ4v) is 2.27. The van der Waals surface area contributed by atoms with E-state index in [0.717, 1.165) is 18.2 Å². The Hall–Kier alpha value is -1.78. The maximum absolute atomic E-state index is 13.1. The maximum Gasteiger partial charge on any atom is 0.241 e. The number of halogens is 1. The van der Waals surface area contributed by atoms with E-state index in [1.165, 1.54) is 0 Å². The molecular formula is C13H15FN2O3S. The van der Waals surface area contributed by atoms with Crippen LogP contribution in [0.4, 0.5) is 4.39 Å². The molecule has 0 aliphatic rings. The Kier molecular flexibility index (Phi) is 4.63. The van der Waals surface area contributed by atoms with E-state index in [0.29, 0.717) is 0 Å². The SMILES string of the molecule is CC(C)(C)C(=O)CNS(=O)(=O)c1ccc(F)c(C#N)c1. The zero-order chi connectivity index (χ0) is 15.6. The first-order valence-corrected chi connectivity index (χ1v) is 7.29. The van der Waals surface area contributed by atoms with E-state index in [9.17, 15) is 17.6 Å². The molecule has 1 rings (SSSR count). The Morgan fingerprint density at radius 1 is 1.40 bits per heavy atom. The van der Waals surface area contributed by atoms with Crippen LogP contribution in [-0.4, -0.2) is 20.7 Å². The zero-order valence-electron chi connectivity index (χ0n) is 11.4. The lowest BCUT2D eigenvalue weighted by Crippen LogP contribution is -2.35. The average Bonchev–Trinajstić information content (AvgIpc) is 2.35. The molecule has 0 aromatic heterocycles. The number of nitriles is 1. The highest BCUT2D eigenvalue weighted by Crippen LogP contribution is 2.16. The van der Waals surface area contributed by atoms with Crippen LogP contribution in [-0.2, 0) is 14.8 Å². The van der Waals surface area contributed by atoms with Crippen LogP contribution < -0.4 is 4.72 Å². The zero-order valence-corrected chi connectivity index (χ0v) is 12.2. The van der Waals surface area contributed by atoms with Crippen LogP contribution in [0.1, 0.15) is 26.3 Å². The molecule has 0 aliphatic heterocycles. The Morgan fingerprint density at radius 2 is 2.00 bits per heavy atom. The molecule has 5 nitrogen and oxygen atoms in total. The molecule has 1 N–H and O–H groups in total. The molecule has 0 heterocycles. The minimum Gasteiger partial charge on any atom is -0.298 e. The van der Waals surface area contributed by atoms with Gasteiger partial charge in [-0.25, -0.2) is 17.5 Å². The highest BCUT2D eigenvalue weighted by Gasteiger charge is 2.24. The molecule has 0 unspecified atom stereocenters. The Bertz CT molecular complexity index is 670. The predicted octanol–water partition coefficient (Wildman–Crippen LogP) is 1.59. The Balaban J connectivity index is 2.96. The van der Waals surface area contributed by atoms with Crippen LogP contribution in [0.25, 0.3) is 0 Å². The number of hydrogen-bond acceptors (Lipinski definition) is 4. The fourth-order valence-electron chi connectivity index (χ4n) is 1.27. The summed E-state index contributed by atoms with van der Waals surface area (Å²) in [6, 6.07) is 4.44. The third-order valence-corrected chi connectivity index (χ3v) is 4.03. The van der Waals surface area contributed by atoms with E-state index in [4.69, 9.17) is 5.26 Å². The lowest BCUT2D eigenvalue weighted by molar-refractivity contribution is -0.125. The van der Waals surface area contributed by atoms with Crippen molar-refractivity contribution in [2.45, 2.75) is 25.7 Å². The van der Waals surface area contributed by atoms with Crippen molar-refractivity contribution in [1.29, 1.82) is 5.26 Å². The smallest absolute Gasteiger partial charge is 0.241 e. The molecule has 0 amide bonds. The molecule has 0 radical (unpaired) electrons. The van der Waals surface area contributed by atoms with Gasteiger partial charge in [-0.1, -0.05) is 20.8 Å². The molecule has 20 heavy (non-hydrogen) atoms. The van der Waals surface area contributed by atoms with Crippen LogP contribution in [0.3, 0.4) is 0 Å². The van der Waals surface area contributed by atoms with Crippen LogP contribution in [0.15, 0.2) is 23.1 Å². The molecule has 0 saturated carbocycles. The summed E-state index contributed by atoms with van der Waals surface area (Å²) in [6.07, 6.45) is 0. The van der Waals surface area contributed by atoms with Crippen LogP contribution in [0.5, 0.6) is 0 Å². The highest BCUT2D eigenvalue weighted by atomic mass is 32.2. The van der Waals surface area contributed by atoms with E-state index in [1.807, 2.05) is 0 Å². The van der Waals surface area contributed by atoms with Gasteiger partial charge in [-0.3, -0.25) is 4.79 Å². The summed E-state index contributed by atoms with van der Waals surface area (Å²) in [5.74, 6) is -1.07. The summed E-state index contributed by atoms with van der Waals surface area (Å²) in [7, 11) is -3.95. The van der Waals surface area contributed by atoms with E-state index in [-0.39, 0.29) is 22.8 Å². The van der Waals surface area contributed by atoms with Crippen molar-refractivity contribution in [2.24, 2.45) is 5.41 Å². The van der Waals surface area contributed by atoms with E-state index >= 15 is 0 Å². The number of ketones is 1. The van der Waals surface area contributed by atoms with Crippen molar-refractivity contribution in [2.75, 3.05) is 6.54 Å². The monoisotopic (exact) mass is 298 g/mol. The first kappa shape index (κ1) is 16.3. The third-order valence-electron chi connectivity index (χ3n) is 2.63.